The van der Waals surface area contributed by atoms with Crippen LogP contribution in [0.5, 0.6) is 0 Å². The van der Waals surface area contributed by atoms with Crippen molar-refractivity contribution in [3.05, 3.63) is 16.1 Å². The summed E-state index contributed by atoms with van der Waals surface area (Å²) in [6.45, 7) is 3.26. The van der Waals surface area contributed by atoms with Crippen molar-refractivity contribution in [2.45, 2.75) is 19.4 Å². The summed E-state index contributed by atoms with van der Waals surface area (Å²) in [6, 6.07) is 0. The number of aromatic nitrogens is 1. The van der Waals surface area contributed by atoms with Gasteiger partial charge in [0.1, 0.15) is 5.69 Å². The zero-order valence-corrected chi connectivity index (χ0v) is 9.80. The molecule has 1 aromatic heterocycles. The van der Waals surface area contributed by atoms with Gasteiger partial charge in [0.05, 0.1) is 5.60 Å². The van der Waals surface area contributed by atoms with Crippen molar-refractivity contribution in [3.8, 4) is 0 Å². The highest BCUT2D eigenvalue weighted by Crippen LogP contribution is 2.09. The van der Waals surface area contributed by atoms with Gasteiger partial charge in [-0.25, -0.2) is 4.98 Å². The number of amides is 2. The first-order valence-corrected chi connectivity index (χ1v) is 5.43. The van der Waals surface area contributed by atoms with Gasteiger partial charge in [0.2, 0.25) is 0 Å². The van der Waals surface area contributed by atoms with E-state index in [2.05, 4.69) is 10.3 Å². The molecule has 4 N–H and O–H groups in total. The fraction of sp³-hybridized carbons (Fsp3) is 0.444. The van der Waals surface area contributed by atoms with E-state index in [1.165, 1.54) is 5.38 Å². The lowest BCUT2D eigenvalue weighted by molar-refractivity contribution is 0.0694. The molecule has 0 aromatic carbocycles. The SMILES string of the molecule is CC(C)(O)CNC(=O)c1nc(C(N)=O)cs1. The second-order valence-electron chi connectivity index (χ2n) is 3.90. The molecule has 6 nitrogen and oxygen atoms in total. The van der Waals surface area contributed by atoms with Crippen molar-refractivity contribution in [2.75, 3.05) is 6.54 Å². The van der Waals surface area contributed by atoms with Gasteiger partial charge in [-0.05, 0) is 13.8 Å². The summed E-state index contributed by atoms with van der Waals surface area (Å²) in [7, 11) is 0. The topological polar surface area (TPSA) is 105 Å². The van der Waals surface area contributed by atoms with Gasteiger partial charge >= 0.3 is 0 Å². The highest BCUT2D eigenvalue weighted by molar-refractivity contribution is 7.11. The van der Waals surface area contributed by atoms with E-state index < -0.39 is 17.4 Å². The first-order valence-electron chi connectivity index (χ1n) is 4.55. The number of nitrogens with one attached hydrogen (secondary N) is 1. The lowest BCUT2D eigenvalue weighted by Gasteiger charge is -2.16. The molecule has 1 aromatic rings. The van der Waals surface area contributed by atoms with Crippen molar-refractivity contribution in [1.29, 1.82) is 0 Å². The Hall–Kier alpha value is -1.47. The Balaban J connectivity index is 2.63. The van der Waals surface area contributed by atoms with Crippen LogP contribution in [0.25, 0.3) is 0 Å². The molecule has 0 radical (unpaired) electrons. The quantitative estimate of drug-likeness (QED) is 0.677. The highest BCUT2D eigenvalue weighted by atomic mass is 32.1. The van der Waals surface area contributed by atoms with Crippen LogP contribution in [0.1, 0.15) is 34.1 Å². The molecule has 88 valence electrons. The number of rotatable bonds is 4. The van der Waals surface area contributed by atoms with Crippen molar-refractivity contribution in [1.82, 2.24) is 10.3 Å². The van der Waals surface area contributed by atoms with Gasteiger partial charge in [0.15, 0.2) is 5.01 Å². The van der Waals surface area contributed by atoms with E-state index in [1.807, 2.05) is 0 Å². The predicted octanol–water partition coefficient (Wildman–Crippen LogP) is -0.257. The molecule has 16 heavy (non-hydrogen) atoms. The van der Waals surface area contributed by atoms with E-state index >= 15 is 0 Å². The van der Waals surface area contributed by atoms with E-state index in [9.17, 15) is 14.7 Å². The summed E-state index contributed by atoms with van der Waals surface area (Å²) < 4.78 is 0. The van der Waals surface area contributed by atoms with Gasteiger partial charge in [0.25, 0.3) is 11.8 Å². The third kappa shape index (κ3) is 3.59. The van der Waals surface area contributed by atoms with Crippen molar-refractivity contribution >= 4 is 23.2 Å². The molecule has 1 rings (SSSR count). The molecule has 7 heteroatoms. The lowest BCUT2D eigenvalue weighted by atomic mass is 10.1. The molecule has 1 heterocycles. The molecule has 0 unspecified atom stereocenters. The maximum Gasteiger partial charge on any atom is 0.280 e. The minimum Gasteiger partial charge on any atom is -0.389 e. The number of thiazole rings is 1. The Bertz CT molecular complexity index is 408. The van der Waals surface area contributed by atoms with Crippen molar-refractivity contribution in [3.63, 3.8) is 0 Å². The van der Waals surface area contributed by atoms with Crippen molar-refractivity contribution < 1.29 is 14.7 Å². The summed E-state index contributed by atoms with van der Waals surface area (Å²) in [5, 5.41) is 13.5. The lowest BCUT2D eigenvalue weighted by Crippen LogP contribution is -2.38. The second kappa shape index (κ2) is 4.58. The van der Waals surface area contributed by atoms with Crippen LogP contribution in [-0.4, -0.2) is 34.1 Å². The zero-order valence-electron chi connectivity index (χ0n) is 8.98. The molecular weight excluding hydrogens is 230 g/mol. The third-order valence-electron chi connectivity index (χ3n) is 1.63. The van der Waals surface area contributed by atoms with Crippen LogP contribution in [0.15, 0.2) is 5.38 Å². The minimum atomic E-state index is -0.987. The number of carbonyl (C=O) groups excluding carboxylic acids is 2. The summed E-state index contributed by atoms with van der Waals surface area (Å²) in [5.41, 5.74) is 4.09. The number of hydrogen-bond donors (Lipinski definition) is 3. The van der Waals surface area contributed by atoms with Crippen LogP contribution >= 0.6 is 11.3 Å². The normalized spacial score (nSPS) is 11.2. The van der Waals surface area contributed by atoms with Gasteiger partial charge in [-0.15, -0.1) is 11.3 Å². The molecule has 0 bridgehead atoms. The monoisotopic (exact) mass is 243 g/mol. The molecular formula is C9H13N3O3S. The maximum absolute atomic E-state index is 11.5. The molecule has 0 aliphatic heterocycles. The van der Waals surface area contributed by atoms with Gasteiger partial charge in [-0.2, -0.15) is 0 Å². The number of nitrogens with two attached hydrogens (primary N) is 1. The van der Waals surface area contributed by atoms with E-state index in [4.69, 9.17) is 5.73 Å². The number of nitrogens with zero attached hydrogens (tertiary/aromatic N) is 1. The number of carbonyl (C=O) groups is 2. The highest BCUT2D eigenvalue weighted by Gasteiger charge is 2.17. The van der Waals surface area contributed by atoms with Crippen LogP contribution in [-0.2, 0) is 0 Å². The number of primary amides is 1. The summed E-state index contributed by atoms with van der Waals surface area (Å²) in [4.78, 5) is 26.0. The molecule has 0 aliphatic rings. The molecule has 0 spiro atoms. The number of aliphatic hydroxyl groups is 1. The van der Waals surface area contributed by atoms with Crippen LogP contribution in [0.2, 0.25) is 0 Å². The molecule has 0 aliphatic carbocycles. The first-order chi connectivity index (χ1) is 7.29. The van der Waals surface area contributed by atoms with Gasteiger partial charge in [-0.1, -0.05) is 0 Å². The summed E-state index contributed by atoms with van der Waals surface area (Å²) >= 11 is 1.03. The Morgan fingerprint density at radius 2 is 2.25 bits per heavy atom. The minimum absolute atomic E-state index is 0.0680. The van der Waals surface area contributed by atoms with Crippen molar-refractivity contribution in [2.24, 2.45) is 5.73 Å². The summed E-state index contributed by atoms with van der Waals surface area (Å²) in [5.74, 6) is -1.10. The smallest absolute Gasteiger partial charge is 0.280 e. The van der Waals surface area contributed by atoms with Crippen LogP contribution in [0.3, 0.4) is 0 Å². The van der Waals surface area contributed by atoms with Gasteiger partial charge in [0, 0.05) is 11.9 Å². The van der Waals surface area contributed by atoms with Gasteiger partial charge < -0.3 is 16.2 Å². The Morgan fingerprint density at radius 1 is 1.62 bits per heavy atom. The predicted molar refractivity (Wildman–Crippen MR) is 59.3 cm³/mol. The fourth-order valence-corrected chi connectivity index (χ4v) is 1.59. The molecule has 0 saturated heterocycles. The maximum atomic E-state index is 11.5. The zero-order chi connectivity index (χ0) is 12.3. The van der Waals surface area contributed by atoms with Gasteiger partial charge in [-0.3, -0.25) is 9.59 Å². The third-order valence-corrected chi connectivity index (χ3v) is 2.47. The number of hydrogen-bond acceptors (Lipinski definition) is 5. The molecule has 2 amide bonds. The molecule has 0 saturated carbocycles. The Kier molecular flexibility index (Phi) is 3.61. The van der Waals surface area contributed by atoms with E-state index in [0.29, 0.717) is 0 Å². The average Bonchev–Trinajstić information content (AvgIpc) is 2.61. The molecule has 0 atom stereocenters. The Labute approximate surface area is 96.5 Å². The van der Waals surface area contributed by atoms with Crippen LogP contribution < -0.4 is 11.1 Å². The standard InChI is InChI=1S/C9H13N3O3S/c1-9(2,15)4-11-7(14)8-12-5(3-16-8)6(10)13/h3,15H,4H2,1-2H3,(H2,10,13)(H,11,14). The molecule has 0 fully saturated rings. The second-order valence-corrected chi connectivity index (χ2v) is 4.76. The fourth-order valence-electron chi connectivity index (χ4n) is 0.863. The Morgan fingerprint density at radius 3 is 2.69 bits per heavy atom. The van der Waals surface area contributed by atoms with E-state index in [1.54, 1.807) is 13.8 Å². The first kappa shape index (κ1) is 12.6. The summed E-state index contributed by atoms with van der Waals surface area (Å²) in [6.07, 6.45) is 0. The van der Waals surface area contributed by atoms with Crippen LogP contribution in [0.4, 0.5) is 0 Å². The van der Waals surface area contributed by atoms with E-state index in [0.717, 1.165) is 11.3 Å². The van der Waals surface area contributed by atoms with E-state index in [-0.39, 0.29) is 17.2 Å². The largest absolute Gasteiger partial charge is 0.389 e. The average molecular weight is 243 g/mol. The van der Waals surface area contributed by atoms with Crippen LogP contribution in [0, 0.1) is 0 Å².